The van der Waals surface area contributed by atoms with Gasteiger partial charge in [-0.2, -0.15) is 0 Å². The van der Waals surface area contributed by atoms with Crippen LogP contribution in [0.5, 0.6) is 5.75 Å². The van der Waals surface area contributed by atoms with Crippen molar-refractivity contribution in [2.45, 2.75) is 64.4 Å². The Labute approximate surface area is 153 Å². The van der Waals surface area contributed by atoms with E-state index in [9.17, 15) is 9.90 Å². The maximum Gasteiger partial charge on any atom is 0.347 e. The van der Waals surface area contributed by atoms with Crippen molar-refractivity contribution < 1.29 is 18.7 Å². The monoisotopic (exact) mass is 358 g/mol. The quantitative estimate of drug-likeness (QED) is 0.754. The summed E-state index contributed by atoms with van der Waals surface area (Å²) in [6.45, 7) is 5.92. The maximum atomic E-state index is 12.8. The summed E-state index contributed by atoms with van der Waals surface area (Å²) >= 11 is 0. The third-order valence-electron chi connectivity index (χ3n) is 5.09. The van der Waals surface area contributed by atoms with Crippen molar-refractivity contribution in [3.05, 3.63) is 63.8 Å². The lowest BCUT2D eigenvalue weighted by atomic mass is 9.86. The molecular weight excluding hydrogens is 332 g/mol. The Morgan fingerprint density at radius 1 is 1.35 bits per heavy atom. The molecule has 0 radical (unpaired) electrons. The molecule has 0 spiro atoms. The van der Waals surface area contributed by atoms with Gasteiger partial charge in [-0.15, -0.1) is 0 Å². The van der Waals surface area contributed by atoms with Crippen molar-refractivity contribution in [3.8, 4) is 5.75 Å². The molecule has 26 heavy (non-hydrogen) atoms. The molecule has 140 valence electrons. The molecule has 0 aromatic carbocycles. The molecule has 2 aromatic rings. The van der Waals surface area contributed by atoms with Crippen molar-refractivity contribution in [2.24, 2.45) is 0 Å². The maximum absolute atomic E-state index is 12.8. The highest BCUT2D eigenvalue weighted by atomic mass is 16.5. The van der Waals surface area contributed by atoms with Crippen molar-refractivity contribution >= 4 is 0 Å². The number of rotatable bonds is 7. The second kappa shape index (κ2) is 7.44. The summed E-state index contributed by atoms with van der Waals surface area (Å²) in [5.74, 6) is 1.21. The summed E-state index contributed by atoms with van der Waals surface area (Å²) < 4.78 is 16.8. The highest BCUT2D eigenvalue weighted by molar-refractivity contribution is 5.38. The van der Waals surface area contributed by atoms with Gasteiger partial charge < -0.3 is 18.7 Å². The third-order valence-corrected chi connectivity index (χ3v) is 5.09. The van der Waals surface area contributed by atoms with Gasteiger partial charge in [-0.05, 0) is 43.9 Å². The average molecular weight is 358 g/mol. The van der Waals surface area contributed by atoms with Gasteiger partial charge in [-0.25, -0.2) is 4.79 Å². The number of hydrogen-bond donors (Lipinski definition) is 1. The predicted molar refractivity (Wildman–Crippen MR) is 98.1 cm³/mol. The summed E-state index contributed by atoms with van der Waals surface area (Å²) in [4.78, 5) is 12.8. The lowest BCUT2D eigenvalue weighted by Crippen LogP contribution is -2.32. The van der Waals surface area contributed by atoms with E-state index in [1.807, 2.05) is 32.9 Å². The largest absolute Gasteiger partial charge is 0.507 e. The molecule has 1 N–H and O–H groups in total. The first-order valence-corrected chi connectivity index (χ1v) is 9.23. The van der Waals surface area contributed by atoms with Crippen LogP contribution in [-0.2, 0) is 16.8 Å². The first kappa shape index (κ1) is 18.4. The molecule has 0 aliphatic carbocycles. The van der Waals surface area contributed by atoms with Crippen LogP contribution in [-0.4, -0.2) is 5.11 Å². The number of aromatic hydroxyl groups is 1. The minimum Gasteiger partial charge on any atom is -0.507 e. The molecule has 1 aliphatic rings. The molecule has 0 bridgehead atoms. The van der Waals surface area contributed by atoms with Gasteiger partial charge >= 0.3 is 5.63 Å². The fourth-order valence-electron chi connectivity index (χ4n) is 3.79. The fraction of sp³-hybridized carbons (Fsp3) is 0.476. The second-order valence-corrected chi connectivity index (χ2v) is 7.00. The van der Waals surface area contributed by atoms with Gasteiger partial charge in [0.25, 0.3) is 0 Å². The van der Waals surface area contributed by atoms with Crippen molar-refractivity contribution in [1.82, 2.24) is 0 Å². The van der Waals surface area contributed by atoms with Crippen LogP contribution in [0.15, 0.2) is 50.1 Å². The Morgan fingerprint density at radius 3 is 2.69 bits per heavy atom. The third kappa shape index (κ3) is 3.43. The van der Waals surface area contributed by atoms with Gasteiger partial charge in [0.15, 0.2) is 0 Å². The van der Waals surface area contributed by atoms with Crippen LogP contribution in [0.2, 0.25) is 0 Å². The average Bonchev–Trinajstić information content (AvgIpc) is 3.22. The highest BCUT2D eigenvalue weighted by Crippen LogP contribution is 2.44. The van der Waals surface area contributed by atoms with Gasteiger partial charge in [0.05, 0.1) is 18.3 Å². The van der Waals surface area contributed by atoms with Crippen LogP contribution in [0, 0.1) is 0 Å². The molecule has 0 saturated carbocycles. The van der Waals surface area contributed by atoms with E-state index < -0.39 is 11.2 Å². The molecule has 0 saturated heterocycles. The van der Waals surface area contributed by atoms with Gasteiger partial charge in [0.2, 0.25) is 0 Å². The smallest absolute Gasteiger partial charge is 0.347 e. The molecule has 2 atom stereocenters. The van der Waals surface area contributed by atoms with E-state index in [0.29, 0.717) is 25.0 Å². The molecule has 1 aliphatic heterocycles. The van der Waals surface area contributed by atoms with Crippen molar-refractivity contribution in [1.29, 1.82) is 0 Å². The molecule has 2 aromatic heterocycles. The zero-order valence-electron chi connectivity index (χ0n) is 15.6. The van der Waals surface area contributed by atoms with E-state index in [4.69, 9.17) is 13.6 Å². The zero-order valence-corrected chi connectivity index (χ0v) is 15.6. The van der Waals surface area contributed by atoms with Crippen LogP contribution in [0.3, 0.4) is 0 Å². The summed E-state index contributed by atoms with van der Waals surface area (Å²) in [6.07, 6.45) is 8.78. The van der Waals surface area contributed by atoms with E-state index in [-0.39, 0.29) is 17.2 Å². The van der Waals surface area contributed by atoms with E-state index in [2.05, 4.69) is 0 Å². The standard InChI is InChI=1S/C21H26O5/c1-4-8-21(9-6-14(3)26-21)19-17(22)12-18(25-20(19)23)16(5-2)11-15-7-10-24-13-15/h6-7,10,12-13,16,22H,4-5,8-9,11H2,1-3H3. The topological polar surface area (TPSA) is 72.8 Å². The lowest BCUT2D eigenvalue weighted by Gasteiger charge is -2.29. The highest BCUT2D eigenvalue weighted by Gasteiger charge is 2.42. The first-order chi connectivity index (χ1) is 12.5. The molecule has 0 fully saturated rings. The fourth-order valence-corrected chi connectivity index (χ4v) is 3.79. The van der Waals surface area contributed by atoms with Gasteiger partial charge in [0.1, 0.15) is 22.7 Å². The Kier molecular flexibility index (Phi) is 5.25. The van der Waals surface area contributed by atoms with E-state index >= 15 is 0 Å². The van der Waals surface area contributed by atoms with Gasteiger partial charge in [0, 0.05) is 18.4 Å². The minimum atomic E-state index is -0.825. The predicted octanol–water partition coefficient (Wildman–Crippen LogP) is 4.99. The van der Waals surface area contributed by atoms with E-state index in [1.165, 1.54) is 0 Å². The summed E-state index contributed by atoms with van der Waals surface area (Å²) in [5, 5.41) is 10.7. The number of allylic oxidation sites excluding steroid dienone is 1. The molecule has 2 unspecified atom stereocenters. The minimum absolute atomic E-state index is 0.00765. The van der Waals surface area contributed by atoms with Crippen molar-refractivity contribution in [2.75, 3.05) is 0 Å². The Morgan fingerprint density at radius 2 is 2.15 bits per heavy atom. The van der Waals surface area contributed by atoms with Crippen LogP contribution < -0.4 is 5.63 Å². The molecule has 5 heteroatoms. The number of furan rings is 1. The molecule has 3 heterocycles. The summed E-state index contributed by atoms with van der Waals surface area (Å²) in [5.41, 5.74) is -0.0741. The van der Waals surface area contributed by atoms with Gasteiger partial charge in [-0.1, -0.05) is 20.3 Å². The number of hydrogen-bond acceptors (Lipinski definition) is 5. The number of ether oxygens (including phenoxy) is 1. The van der Waals surface area contributed by atoms with Gasteiger partial charge in [-0.3, -0.25) is 0 Å². The Bertz CT molecular complexity index is 831. The van der Waals surface area contributed by atoms with Crippen LogP contribution in [0.1, 0.15) is 69.3 Å². The SMILES string of the molecule is CCCC1(c2c(O)cc(C(CC)Cc3ccoc3)oc2=O)CC=C(C)O1. The summed E-state index contributed by atoms with van der Waals surface area (Å²) in [7, 11) is 0. The first-order valence-electron chi connectivity index (χ1n) is 9.23. The molecule has 3 rings (SSSR count). The molecular formula is C21H26O5. The summed E-state index contributed by atoms with van der Waals surface area (Å²) in [6, 6.07) is 3.48. The Hall–Kier alpha value is -2.43. The lowest BCUT2D eigenvalue weighted by molar-refractivity contribution is 0.00887. The molecule has 5 nitrogen and oxygen atoms in total. The normalized spacial score (nSPS) is 20.7. The van der Waals surface area contributed by atoms with E-state index in [0.717, 1.165) is 24.2 Å². The van der Waals surface area contributed by atoms with Crippen molar-refractivity contribution in [3.63, 3.8) is 0 Å². The zero-order chi connectivity index (χ0) is 18.7. The second-order valence-electron chi connectivity index (χ2n) is 7.00. The van der Waals surface area contributed by atoms with Crippen LogP contribution in [0.25, 0.3) is 0 Å². The van der Waals surface area contributed by atoms with E-state index in [1.54, 1.807) is 18.6 Å². The Balaban J connectivity index is 1.96. The van der Waals surface area contributed by atoms with Crippen LogP contribution >= 0.6 is 0 Å². The molecule has 0 amide bonds. The van der Waals surface area contributed by atoms with Crippen LogP contribution in [0.4, 0.5) is 0 Å².